The molecule has 0 spiro atoms. The zero-order chi connectivity index (χ0) is 15.5. The third-order valence-electron chi connectivity index (χ3n) is 3.67. The average Bonchev–Trinajstić information content (AvgIpc) is 3.23. The third kappa shape index (κ3) is 3.13. The monoisotopic (exact) mass is 337 g/mol. The van der Waals surface area contributed by atoms with Crippen molar-refractivity contribution in [2.45, 2.75) is 19.9 Å². The summed E-state index contributed by atoms with van der Waals surface area (Å²) in [7, 11) is 0. The molecule has 22 heavy (non-hydrogen) atoms. The van der Waals surface area contributed by atoms with E-state index in [0.29, 0.717) is 25.3 Å². The Hall–Kier alpha value is -1.51. The lowest BCUT2D eigenvalue weighted by Gasteiger charge is -2.34. The van der Waals surface area contributed by atoms with Gasteiger partial charge in [-0.3, -0.25) is 4.79 Å². The van der Waals surface area contributed by atoms with Crippen LogP contribution in [0.2, 0.25) is 0 Å². The topological polar surface area (TPSA) is 75.4 Å². The van der Waals surface area contributed by atoms with Crippen LogP contribution in [0.4, 0.5) is 5.13 Å². The van der Waals surface area contributed by atoms with Crippen molar-refractivity contribution in [3.05, 3.63) is 27.2 Å². The van der Waals surface area contributed by atoms with E-state index in [1.165, 1.54) is 16.2 Å². The molecule has 0 unspecified atom stereocenters. The quantitative estimate of drug-likeness (QED) is 0.917. The molecule has 1 aliphatic heterocycles. The smallest absolute Gasteiger partial charge is 0.273 e. The Morgan fingerprint density at radius 1 is 1.36 bits per heavy atom. The normalized spacial score (nSPS) is 15.4. The summed E-state index contributed by atoms with van der Waals surface area (Å²) in [5, 5.41) is 3.66. The number of carbonyl (C=O) groups excluding carboxylic acids is 1. The number of hydrogen-bond acceptors (Lipinski definition) is 7. The molecule has 0 saturated carbocycles. The number of rotatable bonds is 4. The van der Waals surface area contributed by atoms with Gasteiger partial charge < -0.3 is 15.5 Å². The highest BCUT2D eigenvalue weighted by Crippen LogP contribution is 2.24. The number of aryl methyl sites for hydroxylation is 1. The Balaban J connectivity index is 1.60. The van der Waals surface area contributed by atoms with Gasteiger partial charge in [0.05, 0.1) is 0 Å². The molecule has 6 nitrogen and oxygen atoms in total. The van der Waals surface area contributed by atoms with Gasteiger partial charge in [0.25, 0.3) is 5.91 Å². The summed E-state index contributed by atoms with van der Waals surface area (Å²) >= 11 is 3.18. The minimum Gasteiger partial charge on any atom is -0.345 e. The summed E-state index contributed by atoms with van der Waals surface area (Å²) in [5.41, 5.74) is 6.06. The minimum atomic E-state index is 0.00369. The maximum Gasteiger partial charge on any atom is 0.273 e. The first-order chi connectivity index (χ1) is 10.7. The van der Waals surface area contributed by atoms with Crippen LogP contribution >= 0.6 is 22.7 Å². The van der Waals surface area contributed by atoms with Crippen molar-refractivity contribution < 1.29 is 4.79 Å². The highest BCUT2D eigenvalue weighted by Gasteiger charge is 2.25. The summed E-state index contributed by atoms with van der Waals surface area (Å²) in [6.07, 6.45) is 2.96. The van der Waals surface area contributed by atoms with Crippen molar-refractivity contribution >= 4 is 33.7 Å². The van der Waals surface area contributed by atoms with Crippen molar-refractivity contribution in [2.75, 3.05) is 31.1 Å². The highest BCUT2D eigenvalue weighted by atomic mass is 32.1. The van der Waals surface area contributed by atoms with E-state index in [1.54, 1.807) is 16.7 Å². The molecule has 0 bridgehead atoms. The zero-order valence-electron chi connectivity index (χ0n) is 12.5. The molecule has 0 aromatic carbocycles. The van der Waals surface area contributed by atoms with Crippen LogP contribution in [0.25, 0.3) is 0 Å². The van der Waals surface area contributed by atoms with Gasteiger partial charge in [-0.25, -0.2) is 9.97 Å². The molecule has 1 aliphatic rings. The number of anilines is 1. The summed E-state index contributed by atoms with van der Waals surface area (Å²) in [5.74, 6) is 0.00369. The molecule has 2 aromatic rings. The van der Waals surface area contributed by atoms with Gasteiger partial charge in [0, 0.05) is 49.2 Å². The molecule has 118 valence electrons. The SMILES string of the molecule is CCc1cnc(N2CCN(C(=O)c3csc(CN)n3)CC2)s1. The van der Waals surface area contributed by atoms with Gasteiger partial charge in [0.15, 0.2) is 5.13 Å². The second-order valence-electron chi connectivity index (χ2n) is 5.07. The Morgan fingerprint density at radius 3 is 2.73 bits per heavy atom. The third-order valence-corrected chi connectivity index (χ3v) is 5.75. The standard InChI is InChI=1S/C14H19N5OS2/c1-2-10-8-16-14(22-10)19-5-3-18(4-6-19)13(20)11-9-21-12(7-15)17-11/h8-9H,2-7,15H2,1H3. The van der Waals surface area contributed by atoms with Gasteiger partial charge in [-0.1, -0.05) is 6.92 Å². The first-order valence-corrected chi connectivity index (χ1v) is 9.04. The van der Waals surface area contributed by atoms with E-state index >= 15 is 0 Å². The molecule has 0 aliphatic carbocycles. The van der Waals surface area contributed by atoms with Crippen LogP contribution in [0.15, 0.2) is 11.6 Å². The van der Waals surface area contributed by atoms with Crippen LogP contribution in [0, 0.1) is 0 Å². The van der Waals surface area contributed by atoms with Crippen molar-refractivity contribution in [3.8, 4) is 0 Å². The Kier molecular flexibility index (Phi) is 4.70. The number of thiazole rings is 2. The molecule has 1 amide bonds. The van der Waals surface area contributed by atoms with Gasteiger partial charge in [-0.15, -0.1) is 22.7 Å². The predicted octanol–water partition coefficient (Wildman–Crippen LogP) is 1.58. The lowest BCUT2D eigenvalue weighted by molar-refractivity contribution is 0.0741. The number of amides is 1. The lowest BCUT2D eigenvalue weighted by atomic mass is 10.3. The van der Waals surface area contributed by atoms with E-state index in [-0.39, 0.29) is 5.91 Å². The van der Waals surface area contributed by atoms with Crippen LogP contribution in [0.5, 0.6) is 0 Å². The number of aromatic nitrogens is 2. The van der Waals surface area contributed by atoms with Gasteiger partial charge >= 0.3 is 0 Å². The fourth-order valence-corrected chi connectivity index (χ4v) is 3.92. The van der Waals surface area contributed by atoms with E-state index in [9.17, 15) is 4.79 Å². The molecule has 0 atom stereocenters. The van der Waals surface area contributed by atoms with E-state index in [2.05, 4.69) is 21.8 Å². The van der Waals surface area contributed by atoms with Crippen molar-refractivity contribution in [1.29, 1.82) is 0 Å². The van der Waals surface area contributed by atoms with E-state index in [0.717, 1.165) is 29.6 Å². The maximum atomic E-state index is 12.4. The summed E-state index contributed by atoms with van der Waals surface area (Å²) in [4.78, 5) is 26.6. The van der Waals surface area contributed by atoms with Crippen LogP contribution in [-0.2, 0) is 13.0 Å². The molecule has 0 radical (unpaired) electrons. The molecule has 3 heterocycles. The first kappa shape index (κ1) is 15.4. The maximum absolute atomic E-state index is 12.4. The molecule has 1 fully saturated rings. The fourth-order valence-electron chi connectivity index (χ4n) is 2.37. The van der Waals surface area contributed by atoms with E-state index in [1.807, 2.05) is 11.1 Å². The highest BCUT2D eigenvalue weighted by molar-refractivity contribution is 7.15. The molecular formula is C14H19N5OS2. The Morgan fingerprint density at radius 2 is 2.14 bits per heavy atom. The van der Waals surface area contributed by atoms with Gasteiger partial charge in [0.1, 0.15) is 10.7 Å². The van der Waals surface area contributed by atoms with Gasteiger partial charge in [-0.05, 0) is 6.42 Å². The number of hydrogen-bond donors (Lipinski definition) is 1. The van der Waals surface area contributed by atoms with Crippen molar-refractivity contribution in [3.63, 3.8) is 0 Å². The summed E-state index contributed by atoms with van der Waals surface area (Å²) in [6, 6.07) is 0. The molecule has 2 N–H and O–H groups in total. The number of piperazine rings is 1. The lowest BCUT2D eigenvalue weighted by Crippen LogP contribution is -2.48. The second-order valence-corrected chi connectivity index (χ2v) is 7.11. The number of nitrogens with two attached hydrogens (primary N) is 1. The van der Waals surface area contributed by atoms with Crippen molar-refractivity contribution in [2.24, 2.45) is 5.73 Å². The largest absolute Gasteiger partial charge is 0.345 e. The summed E-state index contributed by atoms with van der Waals surface area (Å²) in [6.45, 7) is 5.56. The van der Waals surface area contributed by atoms with Crippen LogP contribution in [-0.4, -0.2) is 47.0 Å². The Bertz CT molecular complexity index is 645. The average molecular weight is 337 g/mol. The van der Waals surface area contributed by atoms with E-state index in [4.69, 9.17) is 5.73 Å². The Labute approximate surface area is 137 Å². The van der Waals surface area contributed by atoms with Crippen molar-refractivity contribution in [1.82, 2.24) is 14.9 Å². The van der Waals surface area contributed by atoms with Gasteiger partial charge in [-0.2, -0.15) is 0 Å². The molecular weight excluding hydrogens is 318 g/mol. The fraction of sp³-hybridized carbons (Fsp3) is 0.500. The molecule has 1 saturated heterocycles. The second kappa shape index (κ2) is 6.72. The minimum absolute atomic E-state index is 0.00369. The van der Waals surface area contributed by atoms with Crippen LogP contribution in [0.1, 0.15) is 27.3 Å². The molecule has 2 aromatic heterocycles. The number of carbonyl (C=O) groups is 1. The van der Waals surface area contributed by atoms with Crippen LogP contribution < -0.4 is 10.6 Å². The van der Waals surface area contributed by atoms with E-state index < -0.39 is 0 Å². The first-order valence-electron chi connectivity index (χ1n) is 7.34. The summed E-state index contributed by atoms with van der Waals surface area (Å²) < 4.78 is 0. The predicted molar refractivity (Wildman–Crippen MR) is 89.6 cm³/mol. The zero-order valence-corrected chi connectivity index (χ0v) is 14.1. The van der Waals surface area contributed by atoms with Crippen LogP contribution in [0.3, 0.4) is 0 Å². The number of nitrogens with zero attached hydrogens (tertiary/aromatic N) is 4. The molecule has 8 heteroatoms. The molecule has 3 rings (SSSR count). The van der Waals surface area contributed by atoms with Gasteiger partial charge in [0.2, 0.25) is 0 Å².